The van der Waals surface area contributed by atoms with E-state index in [1.54, 1.807) is 6.07 Å². The first-order chi connectivity index (χ1) is 9.11. The van der Waals surface area contributed by atoms with E-state index in [0.717, 1.165) is 23.1 Å². The normalized spacial score (nSPS) is 23.3. The average molecular weight is 329 g/mol. The fourth-order valence-electron chi connectivity index (χ4n) is 2.54. The van der Waals surface area contributed by atoms with Gasteiger partial charge in [0.1, 0.15) is 0 Å². The van der Waals surface area contributed by atoms with Crippen molar-refractivity contribution >= 4 is 21.6 Å². The molecule has 0 bridgehead atoms. The maximum absolute atomic E-state index is 11.1. The van der Waals surface area contributed by atoms with Gasteiger partial charge in [-0.1, -0.05) is 22.0 Å². The smallest absolute Gasteiger partial charge is 0.273 e. The quantitative estimate of drug-likeness (QED) is 0.681. The van der Waals surface area contributed by atoms with Crippen molar-refractivity contribution in [2.45, 2.75) is 18.9 Å². The lowest BCUT2D eigenvalue weighted by Crippen LogP contribution is -2.42. The minimum atomic E-state index is -0.321. The molecule has 1 aliphatic rings. The summed E-state index contributed by atoms with van der Waals surface area (Å²) in [5.41, 5.74) is 0.943. The number of nitro groups is 1. The summed E-state index contributed by atoms with van der Waals surface area (Å²) in [6.45, 7) is 1.41. The largest absolute Gasteiger partial charge is 0.381 e. The maximum Gasteiger partial charge on any atom is 0.273 e. The molecule has 2 atom stereocenters. The van der Waals surface area contributed by atoms with Crippen molar-refractivity contribution in [2.24, 2.45) is 5.92 Å². The van der Waals surface area contributed by atoms with E-state index >= 15 is 0 Å². The molecule has 1 heterocycles. The maximum atomic E-state index is 11.1. The Morgan fingerprint density at radius 3 is 3.05 bits per heavy atom. The number of nitrogens with zero attached hydrogens (tertiary/aromatic N) is 1. The number of nitrogens with one attached hydrogen (secondary N) is 1. The third kappa shape index (κ3) is 3.52. The Bertz CT molecular complexity index is 467. The second-order valence-corrected chi connectivity index (χ2v) is 5.67. The molecule has 1 saturated heterocycles. The van der Waals surface area contributed by atoms with Gasteiger partial charge in [0.15, 0.2) is 0 Å². The minimum Gasteiger partial charge on any atom is -0.381 e. The van der Waals surface area contributed by atoms with Crippen LogP contribution in [0.1, 0.15) is 12.0 Å². The zero-order valence-corrected chi connectivity index (χ0v) is 12.4. The molecule has 0 aromatic heterocycles. The molecule has 6 heteroatoms. The first-order valence-electron chi connectivity index (χ1n) is 6.29. The van der Waals surface area contributed by atoms with Gasteiger partial charge in [-0.2, -0.15) is 0 Å². The topological polar surface area (TPSA) is 64.4 Å². The fraction of sp³-hybridized carbons (Fsp3) is 0.538. The van der Waals surface area contributed by atoms with Crippen LogP contribution in [0.15, 0.2) is 22.7 Å². The monoisotopic (exact) mass is 328 g/mol. The predicted molar refractivity (Wildman–Crippen MR) is 76.3 cm³/mol. The Morgan fingerprint density at radius 1 is 1.58 bits per heavy atom. The molecule has 0 amide bonds. The molecule has 0 saturated carbocycles. The SMILES string of the molecule is CNC1CCOCC1Cc1ccc(Br)cc1[N+](=O)[O-]. The van der Waals surface area contributed by atoms with E-state index in [9.17, 15) is 10.1 Å². The van der Waals surface area contributed by atoms with Gasteiger partial charge < -0.3 is 10.1 Å². The number of rotatable bonds is 4. The first-order valence-corrected chi connectivity index (χ1v) is 7.09. The molecule has 1 aromatic rings. The van der Waals surface area contributed by atoms with Gasteiger partial charge in [0.2, 0.25) is 0 Å². The Balaban J connectivity index is 2.20. The Hall–Kier alpha value is -0.980. The molecule has 0 spiro atoms. The van der Waals surface area contributed by atoms with Crippen molar-refractivity contribution in [2.75, 3.05) is 20.3 Å². The number of benzene rings is 1. The molecular weight excluding hydrogens is 312 g/mol. The molecule has 19 heavy (non-hydrogen) atoms. The lowest BCUT2D eigenvalue weighted by Gasteiger charge is -2.31. The lowest BCUT2D eigenvalue weighted by molar-refractivity contribution is -0.385. The number of ether oxygens (including phenoxy) is 1. The van der Waals surface area contributed by atoms with Gasteiger partial charge in [-0.05, 0) is 26.0 Å². The first kappa shape index (κ1) is 14.4. The highest BCUT2D eigenvalue weighted by Gasteiger charge is 2.27. The van der Waals surface area contributed by atoms with Crippen LogP contribution in [0, 0.1) is 16.0 Å². The molecule has 0 radical (unpaired) electrons. The third-order valence-electron chi connectivity index (χ3n) is 3.57. The van der Waals surface area contributed by atoms with E-state index in [0.29, 0.717) is 19.1 Å². The van der Waals surface area contributed by atoms with Gasteiger partial charge in [0.25, 0.3) is 5.69 Å². The van der Waals surface area contributed by atoms with E-state index < -0.39 is 0 Å². The molecule has 1 fully saturated rings. The van der Waals surface area contributed by atoms with Crippen LogP contribution in [-0.4, -0.2) is 31.2 Å². The third-order valence-corrected chi connectivity index (χ3v) is 4.06. The molecule has 0 aliphatic carbocycles. The summed E-state index contributed by atoms with van der Waals surface area (Å²) < 4.78 is 6.22. The summed E-state index contributed by atoms with van der Waals surface area (Å²) in [7, 11) is 1.93. The van der Waals surface area contributed by atoms with Crippen LogP contribution < -0.4 is 5.32 Å². The van der Waals surface area contributed by atoms with Gasteiger partial charge in [-0.3, -0.25) is 10.1 Å². The second kappa shape index (κ2) is 6.45. The summed E-state index contributed by atoms with van der Waals surface area (Å²) in [5, 5.41) is 14.4. The highest BCUT2D eigenvalue weighted by molar-refractivity contribution is 9.10. The second-order valence-electron chi connectivity index (χ2n) is 4.75. The highest BCUT2D eigenvalue weighted by atomic mass is 79.9. The van der Waals surface area contributed by atoms with E-state index in [1.165, 1.54) is 0 Å². The molecule has 2 rings (SSSR count). The van der Waals surface area contributed by atoms with Crippen LogP contribution in [0.4, 0.5) is 5.69 Å². The number of hydrogen-bond acceptors (Lipinski definition) is 4. The standard InChI is InChI=1S/C13H17BrN2O3/c1-15-12-4-5-19-8-10(12)6-9-2-3-11(14)7-13(9)16(17)18/h2-3,7,10,12,15H,4-6,8H2,1H3. The molecular formula is C13H17BrN2O3. The summed E-state index contributed by atoms with van der Waals surface area (Å²) >= 11 is 3.27. The van der Waals surface area contributed by atoms with Crippen LogP contribution in [0.3, 0.4) is 0 Å². The zero-order chi connectivity index (χ0) is 13.8. The predicted octanol–water partition coefficient (Wildman–Crippen LogP) is 2.52. The van der Waals surface area contributed by atoms with Gasteiger partial charge in [-0.15, -0.1) is 0 Å². The van der Waals surface area contributed by atoms with Crippen molar-refractivity contribution in [3.05, 3.63) is 38.3 Å². The average Bonchev–Trinajstić information content (AvgIpc) is 2.41. The van der Waals surface area contributed by atoms with Crippen LogP contribution in [0.2, 0.25) is 0 Å². The van der Waals surface area contributed by atoms with Gasteiger partial charge in [0.05, 0.1) is 11.5 Å². The van der Waals surface area contributed by atoms with Crippen molar-refractivity contribution in [1.82, 2.24) is 5.32 Å². The van der Waals surface area contributed by atoms with Crippen molar-refractivity contribution in [3.63, 3.8) is 0 Å². The summed E-state index contributed by atoms with van der Waals surface area (Å²) in [5.74, 6) is 0.277. The Labute approximate surface area is 120 Å². The lowest BCUT2D eigenvalue weighted by atomic mass is 9.89. The molecule has 104 valence electrons. The van der Waals surface area contributed by atoms with E-state index in [4.69, 9.17) is 4.74 Å². The molecule has 2 unspecified atom stereocenters. The Kier molecular flexibility index (Phi) is 4.90. The van der Waals surface area contributed by atoms with Crippen LogP contribution in [0.5, 0.6) is 0 Å². The van der Waals surface area contributed by atoms with Crippen LogP contribution in [0.25, 0.3) is 0 Å². The van der Waals surface area contributed by atoms with Gasteiger partial charge >= 0.3 is 0 Å². The molecule has 1 aromatic carbocycles. The Morgan fingerprint density at radius 2 is 2.37 bits per heavy atom. The zero-order valence-electron chi connectivity index (χ0n) is 10.8. The highest BCUT2D eigenvalue weighted by Crippen LogP contribution is 2.28. The van der Waals surface area contributed by atoms with E-state index in [1.807, 2.05) is 19.2 Å². The number of nitro benzene ring substituents is 1. The van der Waals surface area contributed by atoms with Gasteiger partial charge in [-0.25, -0.2) is 0 Å². The fourth-order valence-corrected chi connectivity index (χ4v) is 2.89. The van der Waals surface area contributed by atoms with E-state index in [-0.39, 0.29) is 16.5 Å². The van der Waals surface area contributed by atoms with Gasteiger partial charge in [0, 0.05) is 34.7 Å². The molecule has 1 N–H and O–H groups in total. The van der Waals surface area contributed by atoms with Crippen molar-refractivity contribution in [3.8, 4) is 0 Å². The number of halogens is 1. The molecule has 5 nitrogen and oxygen atoms in total. The van der Waals surface area contributed by atoms with E-state index in [2.05, 4.69) is 21.2 Å². The number of hydrogen-bond donors (Lipinski definition) is 1. The van der Waals surface area contributed by atoms with Crippen LogP contribution in [-0.2, 0) is 11.2 Å². The van der Waals surface area contributed by atoms with Crippen molar-refractivity contribution in [1.29, 1.82) is 0 Å². The van der Waals surface area contributed by atoms with Crippen LogP contribution >= 0.6 is 15.9 Å². The molecule has 1 aliphatic heterocycles. The van der Waals surface area contributed by atoms with Crippen molar-refractivity contribution < 1.29 is 9.66 Å². The summed E-state index contributed by atoms with van der Waals surface area (Å²) in [4.78, 5) is 10.8. The summed E-state index contributed by atoms with van der Waals surface area (Å²) in [6.07, 6.45) is 1.61. The minimum absolute atomic E-state index is 0.176. The summed E-state index contributed by atoms with van der Waals surface area (Å²) in [6, 6.07) is 5.59.